The number of amides is 2. The Morgan fingerprint density at radius 3 is 2.37 bits per heavy atom. The summed E-state index contributed by atoms with van der Waals surface area (Å²) in [5, 5.41) is 53.5. The number of aliphatic carboxylic acids is 3. The number of aliphatic hydroxyl groups is 3. The number of likely N-dealkylation sites (N-methyl/N-ethyl adjacent to an activating group) is 1. The maximum Gasteiger partial charge on any atom is 0.342 e. The molecule has 1 spiro atoms. The summed E-state index contributed by atoms with van der Waals surface area (Å²) in [6.45, 7) is -0.435. The number of rotatable bonds is 6. The van der Waals surface area contributed by atoms with Gasteiger partial charge in [0.2, 0.25) is 16.6 Å². The third-order valence-corrected chi connectivity index (χ3v) is 9.76. The molecule has 192 valence electrons. The molecule has 35 heavy (non-hydrogen) atoms. The average Bonchev–Trinajstić information content (AvgIpc) is 3.14. The number of hydrogen-bond donors (Lipinski definition) is 6. The first-order valence-electron chi connectivity index (χ1n) is 9.89. The van der Waals surface area contributed by atoms with Crippen LogP contribution in [0, 0.1) is 0 Å². The van der Waals surface area contributed by atoms with Gasteiger partial charge in [-0.2, -0.15) is 0 Å². The number of carboxylic acids is 3. The van der Waals surface area contributed by atoms with E-state index in [9.17, 15) is 38.6 Å². The van der Waals surface area contributed by atoms with Gasteiger partial charge in [0.05, 0.1) is 25.2 Å². The normalized spacial score (nSPS) is 33.1. The van der Waals surface area contributed by atoms with E-state index in [1.807, 2.05) is 6.08 Å². The quantitative estimate of drug-likeness (QED) is 0.211. The minimum Gasteiger partial charge on any atom is -0.481 e. The van der Waals surface area contributed by atoms with Crippen LogP contribution in [0.3, 0.4) is 0 Å². The second kappa shape index (κ2) is 9.09. The average molecular weight is 537 g/mol. The maximum absolute atomic E-state index is 12.9. The van der Waals surface area contributed by atoms with Crippen LogP contribution in [0.4, 0.5) is 4.39 Å². The van der Waals surface area contributed by atoms with Crippen LogP contribution in [-0.4, -0.2) is 117 Å². The van der Waals surface area contributed by atoms with Crippen molar-refractivity contribution in [2.24, 2.45) is 0 Å². The smallest absolute Gasteiger partial charge is 0.342 e. The number of aliphatic hydroxyl groups excluding tert-OH is 2. The molecule has 2 amide bonds. The first kappa shape index (κ1) is 26.9. The van der Waals surface area contributed by atoms with Crippen molar-refractivity contribution in [2.45, 2.75) is 46.5 Å². The van der Waals surface area contributed by atoms with Gasteiger partial charge in [-0.05, 0) is 16.4 Å². The highest BCUT2D eigenvalue weighted by molar-refractivity contribution is 8.78. The Balaban J connectivity index is 0.000000216. The minimum absolute atomic E-state index is 0.178. The zero-order valence-corrected chi connectivity index (χ0v) is 19.5. The highest BCUT2D eigenvalue weighted by atomic mass is 33.1. The van der Waals surface area contributed by atoms with Crippen LogP contribution in [0.1, 0.15) is 12.8 Å². The molecule has 2 unspecified atom stereocenters. The van der Waals surface area contributed by atoms with Crippen LogP contribution < -0.4 is 0 Å². The highest BCUT2D eigenvalue weighted by Crippen LogP contribution is 2.64. The van der Waals surface area contributed by atoms with Crippen LogP contribution in [0.15, 0.2) is 23.8 Å². The number of alkyl halides is 1. The molecular formula is C19H21FN2O11S2. The van der Waals surface area contributed by atoms with Gasteiger partial charge in [0.15, 0.2) is 4.87 Å². The Morgan fingerprint density at radius 2 is 1.86 bits per heavy atom. The van der Waals surface area contributed by atoms with E-state index in [0.717, 1.165) is 5.57 Å². The van der Waals surface area contributed by atoms with E-state index >= 15 is 0 Å². The molecule has 0 aromatic rings. The molecule has 16 heteroatoms. The number of carbonyl (C=O) groups excluding carboxylic acids is 2. The van der Waals surface area contributed by atoms with Gasteiger partial charge in [-0.3, -0.25) is 14.4 Å². The third kappa shape index (κ3) is 3.88. The fourth-order valence-corrected chi connectivity index (χ4v) is 7.82. The van der Waals surface area contributed by atoms with Gasteiger partial charge in [0, 0.05) is 13.5 Å². The topological polar surface area (TPSA) is 213 Å². The number of carboxylic acid groups (broad SMARTS) is 3. The molecule has 4 heterocycles. The molecule has 6 N–H and O–H groups in total. The first-order valence-corrected chi connectivity index (χ1v) is 12.0. The summed E-state index contributed by atoms with van der Waals surface area (Å²) in [6.07, 6.45) is 0.137. The van der Waals surface area contributed by atoms with E-state index in [4.69, 9.17) is 20.4 Å². The van der Waals surface area contributed by atoms with Crippen LogP contribution >= 0.6 is 21.6 Å². The molecule has 5 aliphatic rings. The highest BCUT2D eigenvalue weighted by Gasteiger charge is 2.73. The largest absolute Gasteiger partial charge is 0.481 e. The Kier molecular flexibility index (Phi) is 6.99. The number of allylic oxidation sites excluding steroid dienone is 2. The van der Waals surface area contributed by atoms with Crippen molar-refractivity contribution in [3.63, 3.8) is 0 Å². The number of halogens is 1. The van der Waals surface area contributed by atoms with Gasteiger partial charge in [-0.1, -0.05) is 29.0 Å². The van der Waals surface area contributed by atoms with E-state index in [1.165, 1.54) is 31.4 Å². The Labute approximate surface area is 204 Å². The predicted octanol–water partition coefficient (Wildman–Crippen LogP) is -1.60. The number of fused-ring (bicyclic) bond motifs is 3. The van der Waals surface area contributed by atoms with Crippen molar-refractivity contribution in [3.05, 3.63) is 23.8 Å². The minimum atomic E-state index is -3.45. The van der Waals surface area contributed by atoms with Crippen molar-refractivity contribution in [3.8, 4) is 0 Å². The summed E-state index contributed by atoms with van der Waals surface area (Å²) >= 11 is 0. The lowest BCUT2D eigenvalue weighted by atomic mass is 9.94. The van der Waals surface area contributed by atoms with Crippen molar-refractivity contribution in [1.29, 1.82) is 0 Å². The Morgan fingerprint density at radius 1 is 1.23 bits per heavy atom. The molecule has 4 saturated heterocycles. The van der Waals surface area contributed by atoms with Gasteiger partial charge < -0.3 is 40.4 Å². The molecule has 0 aromatic heterocycles. The molecule has 4 fully saturated rings. The molecule has 2 bridgehead atoms. The second-order valence-corrected chi connectivity index (χ2v) is 10.9. The fraction of sp³-hybridized carbons (Fsp3) is 0.526. The van der Waals surface area contributed by atoms with Crippen molar-refractivity contribution < 1.29 is 59.0 Å². The zero-order valence-electron chi connectivity index (χ0n) is 17.9. The third-order valence-electron chi connectivity index (χ3n) is 6.13. The van der Waals surface area contributed by atoms with Crippen LogP contribution in [-0.2, 0) is 24.0 Å². The lowest BCUT2D eigenvalue weighted by Gasteiger charge is -2.58. The lowest BCUT2D eigenvalue weighted by Crippen LogP contribution is -2.77. The van der Waals surface area contributed by atoms with Crippen LogP contribution in [0.25, 0.3) is 0 Å². The number of hydrogen-bond acceptors (Lipinski definition) is 10. The SMILES string of the molecule is CN1C(=O)[C@]23CC4=CC=C[C@H](O)[C@H]4N2C(=O)[C@@]1(CO)SS3.O=C(O)CC(O)(C(=O)O)C(F)C(=O)O. The summed E-state index contributed by atoms with van der Waals surface area (Å²) < 4.78 is 12.7. The molecule has 5 rings (SSSR count). The molecule has 6 atom stereocenters. The molecule has 0 saturated carbocycles. The summed E-state index contributed by atoms with van der Waals surface area (Å²) in [5.74, 6) is -6.77. The van der Waals surface area contributed by atoms with E-state index in [1.54, 1.807) is 19.2 Å². The maximum atomic E-state index is 12.9. The zero-order chi connectivity index (χ0) is 26.5. The monoisotopic (exact) mass is 536 g/mol. The molecule has 4 aliphatic heterocycles. The first-order chi connectivity index (χ1) is 16.2. The fourth-order valence-electron chi connectivity index (χ4n) is 4.25. The molecule has 0 aromatic carbocycles. The predicted molar refractivity (Wildman–Crippen MR) is 116 cm³/mol. The summed E-state index contributed by atoms with van der Waals surface area (Å²) in [7, 11) is 4.14. The summed E-state index contributed by atoms with van der Waals surface area (Å²) in [5.41, 5.74) is -2.55. The second-order valence-electron chi connectivity index (χ2n) is 8.17. The van der Waals surface area contributed by atoms with E-state index in [2.05, 4.69) is 0 Å². The summed E-state index contributed by atoms with van der Waals surface area (Å²) in [4.78, 5) is 56.8. The van der Waals surface area contributed by atoms with Gasteiger partial charge in [0.1, 0.15) is 0 Å². The van der Waals surface area contributed by atoms with E-state index < -0.39 is 64.6 Å². The molecule has 13 nitrogen and oxygen atoms in total. The molecular weight excluding hydrogens is 515 g/mol. The number of nitrogens with zero attached hydrogens (tertiary/aromatic N) is 2. The Bertz CT molecular complexity index is 1050. The molecule has 1 aliphatic carbocycles. The lowest BCUT2D eigenvalue weighted by molar-refractivity contribution is -0.180. The van der Waals surface area contributed by atoms with Gasteiger partial charge >= 0.3 is 17.9 Å². The van der Waals surface area contributed by atoms with E-state index in [-0.39, 0.29) is 11.8 Å². The standard InChI is InChI=1S/C13H14N2O4S2.C6H7FO7/c1-14-10(18)12-5-7-3-2-4-8(17)9(7)15(12)11(19)13(14,6-16)21-20-12;7-3(4(10)11)6(14,5(12)13)1-2(8)9/h2-4,8-9,16-17H,5-6H2,1H3;3,14H,1H2,(H,8,9)(H,10,11)(H,12,13)/t8-,9-,12+,13+;/m0./s1. The van der Waals surface area contributed by atoms with Crippen molar-refractivity contribution in [2.75, 3.05) is 13.7 Å². The van der Waals surface area contributed by atoms with Gasteiger partial charge in [0.25, 0.3) is 11.8 Å². The van der Waals surface area contributed by atoms with Crippen LogP contribution in [0.2, 0.25) is 0 Å². The van der Waals surface area contributed by atoms with Gasteiger partial charge in [-0.25, -0.2) is 14.0 Å². The summed E-state index contributed by atoms with van der Waals surface area (Å²) in [6, 6.07) is -0.500. The van der Waals surface area contributed by atoms with Crippen molar-refractivity contribution >= 4 is 51.3 Å². The number of piperazine rings is 1. The van der Waals surface area contributed by atoms with Crippen LogP contribution in [0.5, 0.6) is 0 Å². The Hall–Kier alpha value is -2.66. The van der Waals surface area contributed by atoms with Crippen molar-refractivity contribution in [1.82, 2.24) is 9.80 Å². The molecule has 0 radical (unpaired) electrons. The van der Waals surface area contributed by atoms with Gasteiger partial charge in [-0.15, -0.1) is 0 Å². The number of carbonyl (C=O) groups is 5. The van der Waals surface area contributed by atoms with E-state index in [0.29, 0.717) is 6.42 Å².